The molecule has 11 heteroatoms. The van der Waals surface area contributed by atoms with E-state index in [0.29, 0.717) is 23.1 Å². The van der Waals surface area contributed by atoms with Gasteiger partial charge in [-0.1, -0.05) is 18.7 Å². The van der Waals surface area contributed by atoms with Crippen molar-refractivity contribution in [2.75, 3.05) is 29.9 Å². The number of amides is 1. The van der Waals surface area contributed by atoms with E-state index in [1.54, 1.807) is 12.4 Å². The van der Waals surface area contributed by atoms with Crippen molar-refractivity contribution in [3.8, 4) is 5.75 Å². The molecule has 10 nitrogen and oxygen atoms in total. The zero-order valence-corrected chi connectivity index (χ0v) is 24.4. The summed E-state index contributed by atoms with van der Waals surface area (Å²) in [4.78, 5) is 29.4. The van der Waals surface area contributed by atoms with E-state index >= 15 is 0 Å². The van der Waals surface area contributed by atoms with Crippen molar-refractivity contribution < 1.29 is 19.4 Å². The standard InChI is InChI=1S/C28H40N6O4S/c1-18(31-25(36)38-26(2,3)4)27(5)10-13-34(14-11-27)24-19(16-35)32-21(15-30-24)39-20-7-12-29-23-22(20)37-17-28(33-23)8-6-9-28/h7,12,15,18,35H,6,8-11,13-14,16-17H2,1-5H3,(H,29,33)(H,31,36). The zero-order valence-electron chi connectivity index (χ0n) is 23.5. The Morgan fingerprint density at radius 2 is 2.03 bits per heavy atom. The lowest BCUT2D eigenvalue weighted by molar-refractivity contribution is 0.0442. The van der Waals surface area contributed by atoms with Crippen molar-refractivity contribution in [1.82, 2.24) is 20.3 Å². The Balaban J connectivity index is 1.23. The second-order valence-corrected chi connectivity index (χ2v) is 13.3. The Hall–Kier alpha value is -2.79. The van der Waals surface area contributed by atoms with Crippen LogP contribution >= 0.6 is 11.8 Å². The Kier molecular flexibility index (Phi) is 7.58. The van der Waals surface area contributed by atoms with Crippen LogP contribution in [-0.2, 0) is 11.3 Å². The maximum absolute atomic E-state index is 12.3. The number of fused-ring (bicyclic) bond motifs is 1. The highest BCUT2D eigenvalue weighted by molar-refractivity contribution is 7.99. The molecule has 0 aromatic carbocycles. The van der Waals surface area contributed by atoms with Crippen molar-refractivity contribution in [3.05, 3.63) is 24.2 Å². The number of pyridine rings is 1. The number of carbonyl (C=O) groups excluding carboxylic acids is 1. The van der Waals surface area contributed by atoms with E-state index in [9.17, 15) is 9.90 Å². The lowest BCUT2D eigenvalue weighted by Gasteiger charge is -2.45. The summed E-state index contributed by atoms with van der Waals surface area (Å²) in [5, 5.41) is 17.5. The normalized spacial score (nSPS) is 20.2. The number of rotatable bonds is 6. The Labute approximate surface area is 234 Å². The van der Waals surface area contributed by atoms with Crippen LogP contribution in [0.1, 0.15) is 72.4 Å². The number of anilines is 2. The molecule has 212 valence electrons. The Morgan fingerprint density at radius 3 is 2.67 bits per heavy atom. The monoisotopic (exact) mass is 556 g/mol. The zero-order chi connectivity index (χ0) is 27.8. The molecule has 39 heavy (non-hydrogen) atoms. The van der Waals surface area contributed by atoms with Gasteiger partial charge in [-0.25, -0.2) is 19.7 Å². The topological polar surface area (TPSA) is 122 Å². The number of aliphatic hydroxyl groups is 1. The molecule has 0 bridgehead atoms. The van der Waals surface area contributed by atoms with E-state index in [1.165, 1.54) is 18.2 Å². The first-order valence-corrected chi connectivity index (χ1v) is 14.6. The van der Waals surface area contributed by atoms with Gasteiger partial charge in [-0.15, -0.1) is 0 Å². The van der Waals surface area contributed by atoms with Gasteiger partial charge in [0, 0.05) is 25.3 Å². The first-order chi connectivity index (χ1) is 18.5. The first-order valence-electron chi connectivity index (χ1n) is 13.8. The van der Waals surface area contributed by atoms with Crippen molar-refractivity contribution >= 4 is 29.5 Å². The van der Waals surface area contributed by atoms with Crippen molar-refractivity contribution in [2.24, 2.45) is 5.41 Å². The molecule has 4 heterocycles. The molecular formula is C28H40N6O4S. The minimum absolute atomic E-state index is 0.0307. The van der Waals surface area contributed by atoms with Gasteiger partial charge in [-0.05, 0) is 71.3 Å². The maximum Gasteiger partial charge on any atom is 0.407 e. The van der Waals surface area contributed by atoms with Crippen LogP contribution in [0.2, 0.25) is 0 Å². The van der Waals surface area contributed by atoms with E-state index in [2.05, 4.69) is 27.4 Å². The summed E-state index contributed by atoms with van der Waals surface area (Å²) in [6, 6.07) is 1.88. The highest BCUT2D eigenvalue weighted by atomic mass is 32.2. The van der Waals surface area contributed by atoms with Gasteiger partial charge in [0.05, 0.1) is 23.2 Å². The SMILES string of the molecule is CC(NC(=O)OC(C)(C)C)C1(C)CCN(c2ncc(Sc3ccnc4c3OCC3(CCC3)N4)nc2CO)CC1. The number of nitrogens with zero attached hydrogens (tertiary/aromatic N) is 4. The van der Waals surface area contributed by atoms with Crippen LogP contribution in [0, 0.1) is 5.41 Å². The van der Waals surface area contributed by atoms with E-state index in [1.807, 2.05) is 33.8 Å². The average molecular weight is 557 g/mol. The molecule has 1 aliphatic carbocycles. The lowest BCUT2D eigenvalue weighted by Crippen LogP contribution is -2.52. The highest BCUT2D eigenvalue weighted by Gasteiger charge is 2.42. The van der Waals surface area contributed by atoms with Gasteiger partial charge in [-0.3, -0.25) is 0 Å². The van der Waals surface area contributed by atoms with Crippen LogP contribution in [0.25, 0.3) is 0 Å². The summed E-state index contributed by atoms with van der Waals surface area (Å²) < 4.78 is 11.6. The fourth-order valence-electron chi connectivity index (χ4n) is 5.37. The van der Waals surface area contributed by atoms with Gasteiger partial charge in [0.15, 0.2) is 17.4 Å². The van der Waals surface area contributed by atoms with Crippen LogP contribution in [0.4, 0.5) is 16.4 Å². The Bertz CT molecular complexity index is 1210. The van der Waals surface area contributed by atoms with Crippen molar-refractivity contribution in [2.45, 2.75) is 100 Å². The molecule has 1 unspecified atom stereocenters. The van der Waals surface area contributed by atoms with E-state index in [0.717, 1.165) is 55.2 Å². The number of piperidine rings is 1. The minimum Gasteiger partial charge on any atom is -0.486 e. The molecule has 2 fully saturated rings. The molecule has 2 aromatic rings. The second-order valence-electron chi connectivity index (χ2n) is 12.3. The number of ether oxygens (including phenoxy) is 2. The molecule has 0 radical (unpaired) electrons. The molecule has 1 saturated heterocycles. The quantitative estimate of drug-likeness (QED) is 0.459. The third-order valence-corrected chi connectivity index (χ3v) is 9.15. The van der Waals surface area contributed by atoms with Crippen molar-refractivity contribution in [3.63, 3.8) is 0 Å². The summed E-state index contributed by atoms with van der Waals surface area (Å²) in [5.41, 5.74) is -0.0259. The number of alkyl carbamates (subject to hydrolysis) is 1. The third-order valence-electron chi connectivity index (χ3n) is 8.20. The van der Waals surface area contributed by atoms with Crippen LogP contribution in [0.5, 0.6) is 5.75 Å². The van der Waals surface area contributed by atoms with Gasteiger partial charge in [0.2, 0.25) is 0 Å². The molecule has 5 rings (SSSR count). The maximum atomic E-state index is 12.3. The molecule has 3 N–H and O–H groups in total. The van der Waals surface area contributed by atoms with Gasteiger partial charge in [-0.2, -0.15) is 0 Å². The summed E-state index contributed by atoms with van der Waals surface area (Å²) in [5.74, 6) is 2.24. The Morgan fingerprint density at radius 1 is 1.28 bits per heavy atom. The number of aromatic nitrogens is 3. The number of nitrogens with one attached hydrogen (secondary N) is 2. The van der Waals surface area contributed by atoms with Crippen LogP contribution < -0.4 is 20.3 Å². The van der Waals surface area contributed by atoms with Gasteiger partial charge in [0.1, 0.15) is 22.9 Å². The fourth-order valence-corrected chi connectivity index (χ4v) is 6.23. The second kappa shape index (κ2) is 10.6. The van der Waals surface area contributed by atoms with Crippen LogP contribution in [0.3, 0.4) is 0 Å². The summed E-state index contributed by atoms with van der Waals surface area (Å²) in [7, 11) is 0. The van der Waals surface area contributed by atoms with Crippen LogP contribution in [0.15, 0.2) is 28.4 Å². The summed E-state index contributed by atoms with van der Waals surface area (Å²) in [6.45, 7) is 11.8. The predicted octanol–water partition coefficient (Wildman–Crippen LogP) is 4.76. The molecule has 1 saturated carbocycles. The summed E-state index contributed by atoms with van der Waals surface area (Å²) in [6.07, 6.45) is 8.30. The van der Waals surface area contributed by atoms with E-state index < -0.39 is 5.60 Å². The first kappa shape index (κ1) is 27.8. The van der Waals surface area contributed by atoms with Crippen LogP contribution in [-0.4, -0.2) is 63.0 Å². The number of hydrogen-bond acceptors (Lipinski definition) is 10. The lowest BCUT2D eigenvalue weighted by atomic mass is 9.74. The van der Waals surface area contributed by atoms with E-state index in [4.69, 9.17) is 19.4 Å². The molecule has 3 aliphatic rings. The number of carbonyl (C=O) groups is 1. The fraction of sp³-hybridized carbons (Fsp3) is 0.643. The molecule has 1 atom stereocenters. The van der Waals surface area contributed by atoms with Gasteiger partial charge < -0.3 is 30.1 Å². The predicted molar refractivity (Wildman–Crippen MR) is 150 cm³/mol. The number of hydrogen-bond donors (Lipinski definition) is 3. The minimum atomic E-state index is -0.530. The molecule has 1 spiro atoms. The molecule has 1 amide bonds. The third kappa shape index (κ3) is 6.04. The van der Waals surface area contributed by atoms with Gasteiger partial charge in [0.25, 0.3) is 0 Å². The van der Waals surface area contributed by atoms with E-state index in [-0.39, 0.29) is 29.7 Å². The number of aliphatic hydroxyl groups excluding tert-OH is 1. The highest BCUT2D eigenvalue weighted by Crippen LogP contribution is 2.46. The smallest absolute Gasteiger partial charge is 0.407 e. The summed E-state index contributed by atoms with van der Waals surface area (Å²) >= 11 is 1.47. The van der Waals surface area contributed by atoms with Crippen molar-refractivity contribution in [1.29, 1.82) is 0 Å². The largest absolute Gasteiger partial charge is 0.486 e. The molecular weight excluding hydrogens is 516 g/mol. The molecule has 2 aliphatic heterocycles. The molecule has 2 aromatic heterocycles. The van der Waals surface area contributed by atoms with Gasteiger partial charge >= 0.3 is 6.09 Å². The average Bonchev–Trinajstić information content (AvgIpc) is 2.87.